The molecule has 2 fully saturated rings. The second kappa shape index (κ2) is 5.04. The van der Waals surface area contributed by atoms with Gasteiger partial charge in [-0.15, -0.1) is 0 Å². The molecule has 2 aliphatic rings. The van der Waals surface area contributed by atoms with Gasteiger partial charge < -0.3 is 18.9 Å². The van der Waals surface area contributed by atoms with Gasteiger partial charge in [0.1, 0.15) is 0 Å². The molecular weight excluding hydrogens is 248 g/mol. The van der Waals surface area contributed by atoms with Crippen LogP contribution in [0.25, 0.3) is 0 Å². The van der Waals surface area contributed by atoms with Gasteiger partial charge >= 0.3 is 5.97 Å². The number of carbonyl (C=O) groups is 1. The van der Waals surface area contributed by atoms with Crippen molar-refractivity contribution < 1.29 is 23.7 Å². The molecule has 5 nitrogen and oxygen atoms in total. The summed E-state index contributed by atoms with van der Waals surface area (Å²) >= 11 is 0. The van der Waals surface area contributed by atoms with Gasteiger partial charge in [-0.05, 0) is 31.1 Å². The maximum atomic E-state index is 11.9. The molecule has 110 valence electrons. The molecule has 0 aliphatic heterocycles. The third-order valence-corrected chi connectivity index (χ3v) is 5.10. The minimum Gasteiger partial charge on any atom is -0.467 e. The van der Waals surface area contributed by atoms with E-state index < -0.39 is 11.4 Å². The van der Waals surface area contributed by atoms with Gasteiger partial charge in [0.15, 0.2) is 11.4 Å². The summed E-state index contributed by atoms with van der Waals surface area (Å²) in [4.78, 5) is 11.9. The lowest BCUT2D eigenvalue weighted by atomic mass is 9.55. The molecule has 2 saturated carbocycles. The zero-order valence-corrected chi connectivity index (χ0v) is 12.3. The molecule has 0 atom stereocenters. The molecule has 2 rings (SSSR count). The molecule has 0 aromatic rings. The highest BCUT2D eigenvalue weighted by Crippen LogP contribution is 2.60. The molecule has 0 saturated heterocycles. The van der Waals surface area contributed by atoms with Crippen LogP contribution in [0.4, 0.5) is 0 Å². The first-order valence-electron chi connectivity index (χ1n) is 6.73. The summed E-state index contributed by atoms with van der Waals surface area (Å²) < 4.78 is 21.2. The standard InChI is InChI=1S/C14H24O5/c1-16-11(15)13(17-2)7-5-12(6-8-13)9-14(10-12,18-3)19-4/h5-10H2,1-4H3. The van der Waals surface area contributed by atoms with Gasteiger partial charge in [-0.1, -0.05) is 0 Å². The van der Waals surface area contributed by atoms with Gasteiger partial charge in [-0.3, -0.25) is 0 Å². The second-order valence-corrected chi connectivity index (χ2v) is 5.86. The van der Waals surface area contributed by atoms with Gasteiger partial charge in [-0.25, -0.2) is 4.79 Å². The molecule has 0 bridgehead atoms. The van der Waals surface area contributed by atoms with E-state index in [2.05, 4.69) is 0 Å². The van der Waals surface area contributed by atoms with Crippen LogP contribution in [-0.2, 0) is 23.7 Å². The van der Waals surface area contributed by atoms with Crippen molar-refractivity contribution in [1.82, 2.24) is 0 Å². The third-order valence-electron chi connectivity index (χ3n) is 5.10. The van der Waals surface area contributed by atoms with Crippen LogP contribution in [0, 0.1) is 5.41 Å². The Morgan fingerprint density at radius 1 is 0.842 bits per heavy atom. The topological polar surface area (TPSA) is 54.0 Å². The molecule has 0 aromatic carbocycles. The Morgan fingerprint density at radius 2 is 1.37 bits per heavy atom. The van der Waals surface area contributed by atoms with E-state index in [1.165, 1.54) is 7.11 Å². The van der Waals surface area contributed by atoms with Crippen molar-refractivity contribution in [1.29, 1.82) is 0 Å². The van der Waals surface area contributed by atoms with Crippen LogP contribution in [0.2, 0.25) is 0 Å². The molecule has 2 aliphatic carbocycles. The van der Waals surface area contributed by atoms with Crippen LogP contribution >= 0.6 is 0 Å². The Hall–Kier alpha value is -0.650. The first-order chi connectivity index (χ1) is 8.99. The van der Waals surface area contributed by atoms with Crippen molar-refractivity contribution in [3.8, 4) is 0 Å². The van der Waals surface area contributed by atoms with Crippen molar-refractivity contribution in [2.45, 2.75) is 49.9 Å². The van der Waals surface area contributed by atoms with E-state index >= 15 is 0 Å². The van der Waals surface area contributed by atoms with Gasteiger partial charge in [0, 0.05) is 34.2 Å². The number of hydrogen-bond acceptors (Lipinski definition) is 5. The van der Waals surface area contributed by atoms with E-state index in [9.17, 15) is 4.79 Å². The summed E-state index contributed by atoms with van der Waals surface area (Å²) in [5.41, 5.74) is -0.513. The minimum atomic E-state index is -0.752. The zero-order chi connectivity index (χ0) is 14.1. The smallest absolute Gasteiger partial charge is 0.338 e. The fourth-order valence-electron chi connectivity index (χ4n) is 3.68. The Morgan fingerprint density at radius 3 is 1.74 bits per heavy atom. The molecule has 5 heteroatoms. The number of esters is 1. The van der Waals surface area contributed by atoms with Crippen LogP contribution in [0.15, 0.2) is 0 Å². The summed E-state index contributed by atoms with van der Waals surface area (Å²) in [5, 5.41) is 0. The van der Waals surface area contributed by atoms with Crippen molar-refractivity contribution in [3.63, 3.8) is 0 Å². The molecule has 0 unspecified atom stereocenters. The van der Waals surface area contributed by atoms with Crippen molar-refractivity contribution in [2.24, 2.45) is 5.41 Å². The molecule has 0 aromatic heterocycles. The predicted octanol–water partition coefficient (Wildman–Crippen LogP) is 1.89. The van der Waals surface area contributed by atoms with Crippen molar-refractivity contribution in [3.05, 3.63) is 0 Å². The number of carbonyl (C=O) groups excluding carboxylic acids is 1. The van der Waals surface area contributed by atoms with Crippen molar-refractivity contribution >= 4 is 5.97 Å². The normalized spacial score (nSPS) is 26.7. The highest BCUT2D eigenvalue weighted by molar-refractivity contribution is 5.79. The van der Waals surface area contributed by atoms with E-state index in [0.29, 0.717) is 12.8 Å². The van der Waals surface area contributed by atoms with E-state index in [0.717, 1.165) is 25.7 Å². The highest BCUT2D eigenvalue weighted by atomic mass is 16.7. The molecule has 0 radical (unpaired) electrons. The summed E-state index contributed by atoms with van der Waals surface area (Å²) in [5.74, 6) is -0.674. The SMILES string of the molecule is COC(=O)C1(OC)CCC2(CC1)CC(OC)(OC)C2. The van der Waals surface area contributed by atoms with Crippen LogP contribution < -0.4 is 0 Å². The maximum Gasteiger partial charge on any atom is 0.338 e. The van der Waals surface area contributed by atoms with Crippen LogP contribution in [0.5, 0.6) is 0 Å². The summed E-state index contributed by atoms with van der Waals surface area (Å²) in [6, 6.07) is 0. The first kappa shape index (κ1) is 14.8. The van der Waals surface area contributed by atoms with E-state index in [-0.39, 0.29) is 11.4 Å². The zero-order valence-electron chi connectivity index (χ0n) is 12.3. The van der Waals surface area contributed by atoms with E-state index in [1.54, 1.807) is 21.3 Å². The lowest BCUT2D eigenvalue weighted by Gasteiger charge is -2.57. The second-order valence-electron chi connectivity index (χ2n) is 5.86. The molecule has 0 N–H and O–H groups in total. The summed E-state index contributed by atoms with van der Waals surface area (Å²) in [6.45, 7) is 0. The lowest BCUT2D eigenvalue weighted by Crippen LogP contribution is -2.58. The number of methoxy groups -OCH3 is 4. The van der Waals surface area contributed by atoms with E-state index in [4.69, 9.17) is 18.9 Å². The Bertz CT molecular complexity index is 330. The average Bonchev–Trinajstić information content (AvgIpc) is 2.44. The van der Waals surface area contributed by atoms with Crippen molar-refractivity contribution in [2.75, 3.05) is 28.4 Å². The van der Waals surface area contributed by atoms with Crippen LogP contribution in [-0.4, -0.2) is 45.8 Å². The first-order valence-corrected chi connectivity index (χ1v) is 6.73. The molecule has 0 heterocycles. The molecular formula is C14H24O5. The number of rotatable bonds is 4. The largest absolute Gasteiger partial charge is 0.467 e. The average molecular weight is 272 g/mol. The quantitative estimate of drug-likeness (QED) is 0.578. The van der Waals surface area contributed by atoms with Gasteiger partial charge in [0.25, 0.3) is 0 Å². The molecule has 1 spiro atoms. The van der Waals surface area contributed by atoms with Crippen LogP contribution in [0.1, 0.15) is 38.5 Å². The third kappa shape index (κ3) is 2.28. The van der Waals surface area contributed by atoms with Gasteiger partial charge in [-0.2, -0.15) is 0 Å². The Balaban J connectivity index is 1.99. The van der Waals surface area contributed by atoms with E-state index in [1.807, 2.05) is 0 Å². The fraction of sp³-hybridized carbons (Fsp3) is 0.929. The number of ether oxygens (including phenoxy) is 4. The van der Waals surface area contributed by atoms with Crippen LogP contribution in [0.3, 0.4) is 0 Å². The Kier molecular flexibility index (Phi) is 3.91. The highest BCUT2D eigenvalue weighted by Gasteiger charge is 2.59. The minimum absolute atomic E-state index is 0.238. The lowest BCUT2D eigenvalue weighted by molar-refractivity contribution is -0.306. The molecule has 19 heavy (non-hydrogen) atoms. The Labute approximate surface area is 114 Å². The fourth-order valence-corrected chi connectivity index (χ4v) is 3.68. The predicted molar refractivity (Wildman–Crippen MR) is 68.6 cm³/mol. The summed E-state index contributed by atoms with van der Waals surface area (Å²) in [7, 11) is 6.38. The van der Waals surface area contributed by atoms with Gasteiger partial charge in [0.2, 0.25) is 0 Å². The maximum absolute atomic E-state index is 11.9. The monoisotopic (exact) mass is 272 g/mol. The summed E-state index contributed by atoms with van der Waals surface area (Å²) in [6.07, 6.45) is 5.11. The molecule has 0 amide bonds. The number of hydrogen-bond donors (Lipinski definition) is 0. The van der Waals surface area contributed by atoms with Gasteiger partial charge in [0.05, 0.1) is 7.11 Å².